The summed E-state index contributed by atoms with van der Waals surface area (Å²) >= 11 is 0. The maximum Gasteiger partial charge on any atom is 0.335 e. The summed E-state index contributed by atoms with van der Waals surface area (Å²) in [5.74, 6) is -1.00. The molecule has 0 saturated carbocycles. The Kier molecular flexibility index (Phi) is 5.04. The van der Waals surface area contributed by atoms with Gasteiger partial charge in [0, 0.05) is 29.4 Å². The first-order valence-corrected chi connectivity index (χ1v) is 8.37. The van der Waals surface area contributed by atoms with Crippen LogP contribution in [0.1, 0.15) is 10.4 Å². The molecule has 7 nitrogen and oxygen atoms in total. The Hall–Kier alpha value is -1.45. The first-order valence-electron chi connectivity index (χ1n) is 5.16. The molecule has 1 unspecified atom stereocenters. The SMILES string of the molecule is CS(=O)CCNS(=O)(=O)c1ccc(C(=O)O)cc1N. The summed E-state index contributed by atoms with van der Waals surface area (Å²) in [7, 11) is -4.94. The highest BCUT2D eigenvalue weighted by Crippen LogP contribution is 2.19. The van der Waals surface area contributed by atoms with E-state index in [1.54, 1.807) is 0 Å². The van der Waals surface area contributed by atoms with E-state index in [1.165, 1.54) is 6.26 Å². The molecule has 106 valence electrons. The van der Waals surface area contributed by atoms with Gasteiger partial charge in [-0.15, -0.1) is 0 Å². The van der Waals surface area contributed by atoms with Gasteiger partial charge in [-0.2, -0.15) is 0 Å². The molecule has 1 rings (SSSR count). The molecular formula is C10H14N2O5S2. The van der Waals surface area contributed by atoms with Gasteiger partial charge in [0.05, 0.1) is 11.3 Å². The normalized spacial score (nSPS) is 13.1. The molecule has 0 saturated heterocycles. The number of anilines is 1. The van der Waals surface area contributed by atoms with Gasteiger partial charge in [-0.05, 0) is 18.2 Å². The van der Waals surface area contributed by atoms with Gasteiger partial charge < -0.3 is 10.8 Å². The van der Waals surface area contributed by atoms with Gasteiger partial charge in [-0.3, -0.25) is 4.21 Å². The number of sulfonamides is 1. The maximum atomic E-state index is 11.9. The van der Waals surface area contributed by atoms with Gasteiger partial charge in [0.1, 0.15) is 4.90 Å². The number of nitrogens with two attached hydrogens (primary N) is 1. The third kappa shape index (κ3) is 4.30. The minimum absolute atomic E-state index is 0.0194. The highest BCUT2D eigenvalue weighted by atomic mass is 32.2. The third-order valence-corrected chi connectivity index (χ3v) is 4.54. The summed E-state index contributed by atoms with van der Waals surface area (Å²) < 4.78 is 36.8. The molecule has 1 atom stereocenters. The topological polar surface area (TPSA) is 127 Å². The van der Waals surface area contributed by atoms with E-state index in [1.807, 2.05) is 0 Å². The van der Waals surface area contributed by atoms with Crippen LogP contribution in [0.3, 0.4) is 0 Å². The van der Waals surface area contributed by atoms with Crippen molar-refractivity contribution in [3.8, 4) is 0 Å². The fourth-order valence-electron chi connectivity index (χ4n) is 1.32. The van der Waals surface area contributed by atoms with Crippen LogP contribution in [0.4, 0.5) is 5.69 Å². The standard InChI is InChI=1S/C10H14N2O5S2/c1-18(15)5-4-12-19(16,17)9-3-2-7(10(13)14)6-8(9)11/h2-3,6,12H,4-5,11H2,1H3,(H,13,14). The van der Waals surface area contributed by atoms with Crippen molar-refractivity contribution in [1.82, 2.24) is 4.72 Å². The highest BCUT2D eigenvalue weighted by Gasteiger charge is 2.18. The molecule has 0 heterocycles. The fourth-order valence-corrected chi connectivity index (χ4v) is 2.99. The van der Waals surface area contributed by atoms with Crippen molar-refractivity contribution < 1.29 is 22.5 Å². The Morgan fingerprint density at radius 3 is 2.58 bits per heavy atom. The quantitative estimate of drug-likeness (QED) is 0.615. The molecule has 19 heavy (non-hydrogen) atoms. The Balaban J connectivity index is 2.96. The molecule has 0 aliphatic heterocycles. The van der Waals surface area contributed by atoms with Gasteiger partial charge in [-0.1, -0.05) is 0 Å². The van der Waals surface area contributed by atoms with E-state index >= 15 is 0 Å². The minimum Gasteiger partial charge on any atom is -0.478 e. The lowest BCUT2D eigenvalue weighted by atomic mass is 10.2. The number of aromatic carboxylic acids is 1. The molecule has 0 aliphatic carbocycles. The average Bonchev–Trinajstić information content (AvgIpc) is 2.27. The predicted octanol–water partition coefficient (Wildman–Crippen LogP) is -0.376. The van der Waals surface area contributed by atoms with Gasteiger partial charge >= 0.3 is 5.97 Å². The van der Waals surface area contributed by atoms with Gasteiger partial charge in [0.2, 0.25) is 10.0 Å². The molecule has 0 radical (unpaired) electrons. The molecule has 1 aromatic carbocycles. The van der Waals surface area contributed by atoms with E-state index in [-0.39, 0.29) is 28.4 Å². The summed E-state index contributed by atoms with van der Waals surface area (Å²) in [6.45, 7) is 0.0194. The lowest BCUT2D eigenvalue weighted by Crippen LogP contribution is -2.28. The van der Waals surface area contributed by atoms with E-state index < -0.39 is 26.8 Å². The van der Waals surface area contributed by atoms with Crippen molar-refractivity contribution in [2.24, 2.45) is 0 Å². The summed E-state index contributed by atoms with van der Waals surface area (Å²) in [5.41, 5.74) is 5.29. The average molecular weight is 306 g/mol. The number of rotatable bonds is 6. The first-order chi connectivity index (χ1) is 8.74. The Morgan fingerprint density at radius 2 is 2.11 bits per heavy atom. The lowest BCUT2D eigenvalue weighted by Gasteiger charge is -2.09. The van der Waals surface area contributed by atoms with Crippen LogP contribution in [-0.2, 0) is 20.8 Å². The Labute approximate surface area is 113 Å². The second-order valence-electron chi connectivity index (χ2n) is 3.73. The van der Waals surface area contributed by atoms with Crippen molar-refractivity contribution in [2.45, 2.75) is 4.90 Å². The monoisotopic (exact) mass is 306 g/mol. The molecule has 9 heteroatoms. The van der Waals surface area contributed by atoms with Crippen LogP contribution in [0.15, 0.2) is 23.1 Å². The molecule has 0 fully saturated rings. The van der Waals surface area contributed by atoms with Crippen molar-refractivity contribution >= 4 is 32.5 Å². The summed E-state index contributed by atoms with van der Waals surface area (Å²) in [4.78, 5) is 10.5. The fraction of sp³-hybridized carbons (Fsp3) is 0.300. The van der Waals surface area contributed by atoms with Crippen LogP contribution < -0.4 is 10.5 Å². The lowest BCUT2D eigenvalue weighted by molar-refractivity contribution is 0.0697. The largest absolute Gasteiger partial charge is 0.478 e. The number of nitrogen functional groups attached to an aromatic ring is 1. The van der Waals surface area contributed by atoms with Crippen LogP contribution in [0.5, 0.6) is 0 Å². The zero-order chi connectivity index (χ0) is 14.6. The predicted molar refractivity (Wildman–Crippen MR) is 71.9 cm³/mol. The first kappa shape index (κ1) is 15.6. The molecule has 0 aliphatic rings. The van der Waals surface area contributed by atoms with Gasteiger partial charge in [-0.25, -0.2) is 17.9 Å². The second kappa shape index (κ2) is 6.13. The van der Waals surface area contributed by atoms with Crippen molar-refractivity contribution in [3.05, 3.63) is 23.8 Å². The van der Waals surface area contributed by atoms with Crippen LogP contribution in [-0.4, -0.2) is 42.3 Å². The number of carbonyl (C=O) groups is 1. The van der Waals surface area contributed by atoms with Crippen molar-refractivity contribution in [3.63, 3.8) is 0 Å². The Bertz CT molecular complexity index is 612. The third-order valence-electron chi connectivity index (χ3n) is 2.23. The number of carboxylic acid groups (broad SMARTS) is 1. The van der Waals surface area contributed by atoms with E-state index in [9.17, 15) is 17.4 Å². The van der Waals surface area contributed by atoms with Crippen molar-refractivity contribution in [2.75, 3.05) is 24.3 Å². The van der Waals surface area contributed by atoms with Gasteiger partial charge in [0.25, 0.3) is 0 Å². The van der Waals surface area contributed by atoms with E-state index in [0.717, 1.165) is 18.2 Å². The molecule has 0 aromatic heterocycles. The molecule has 4 N–H and O–H groups in total. The Morgan fingerprint density at radius 1 is 1.47 bits per heavy atom. The summed E-state index contributed by atoms with van der Waals surface area (Å²) in [6, 6.07) is 3.37. The molecule has 0 spiro atoms. The van der Waals surface area contributed by atoms with Crippen LogP contribution in [0.25, 0.3) is 0 Å². The second-order valence-corrected chi connectivity index (χ2v) is 7.02. The highest BCUT2D eigenvalue weighted by molar-refractivity contribution is 7.89. The summed E-state index contributed by atoms with van der Waals surface area (Å²) in [6.07, 6.45) is 1.46. The zero-order valence-corrected chi connectivity index (χ0v) is 11.8. The zero-order valence-electron chi connectivity index (χ0n) is 10.1. The molecule has 1 aromatic rings. The number of nitrogens with one attached hydrogen (secondary N) is 1. The molecular weight excluding hydrogens is 292 g/mol. The smallest absolute Gasteiger partial charge is 0.335 e. The molecule has 0 bridgehead atoms. The van der Waals surface area contributed by atoms with E-state index in [0.29, 0.717) is 0 Å². The van der Waals surface area contributed by atoms with Crippen LogP contribution in [0.2, 0.25) is 0 Å². The summed E-state index contributed by atoms with van der Waals surface area (Å²) in [5, 5.41) is 8.75. The van der Waals surface area contributed by atoms with E-state index in [2.05, 4.69) is 4.72 Å². The minimum atomic E-state index is -3.83. The van der Waals surface area contributed by atoms with Gasteiger partial charge in [0.15, 0.2) is 0 Å². The van der Waals surface area contributed by atoms with Crippen molar-refractivity contribution in [1.29, 1.82) is 0 Å². The number of hydrogen-bond donors (Lipinski definition) is 3. The van der Waals surface area contributed by atoms with Crippen LogP contribution in [0, 0.1) is 0 Å². The molecule has 0 amide bonds. The van der Waals surface area contributed by atoms with E-state index in [4.69, 9.17) is 10.8 Å². The maximum absolute atomic E-state index is 11.9. The van der Waals surface area contributed by atoms with Crippen LogP contribution >= 0.6 is 0 Å². The number of benzene rings is 1. The number of carboxylic acids is 1. The number of hydrogen-bond acceptors (Lipinski definition) is 5.